The van der Waals surface area contributed by atoms with Crippen LogP contribution < -0.4 is 5.32 Å². The zero-order valence-corrected chi connectivity index (χ0v) is 13.8. The van der Waals surface area contributed by atoms with Gasteiger partial charge in [-0.1, -0.05) is 19.3 Å². The lowest BCUT2D eigenvalue weighted by atomic mass is 9.86. The van der Waals surface area contributed by atoms with Gasteiger partial charge in [0, 0.05) is 25.2 Å². The fraction of sp³-hybridized carbons (Fsp3) is 0.941. The lowest BCUT2D eigenvalue weighted by Gasteiger charge is -2.30. The van der Waals surface area contributed by atoms with Gasteiger partial charge in [-0.3, -0.25) is 4.79 Å². The van der Waals surface area contributed by atoms with E-state index in [2.05, 4.69) is 17.3 Å². The minimum Gasteiger partial charge on any atom is -0.466 e. The third kappa shape index (κ3) is 5.26. The van der Waals surface area contributed by atoms with E-state index in [4.69, 9.17) is 4.74 Å². The molecule has 0 amide bonds. The molecule has 2 saturated carbocycles. The molecule has 2 aliphatic carbocycles. The fourth-order valence-corrected chi connectivity index (χ4v) is 3.82. The summed E-state index contributed by atoms with van der Waals surface area (Å²) >= 11 is 0. The largest absolute Gasteiger partial charge is 0.466 e. The summed E-state index contributed by atoms with van der Waals surface area (Å²) in [5, 5.41) is 3.65. The van der Waals surface area contributed by atoms with Crippen LogP contribution in [0.3, 0.4) is 0 Å². The summed E-state index contributed by atoms with van der Waals surface area (Å²) in [4.78, 5) is 14.3. The molecule has 0 aliphatic heterocycles. The Balaban J connectivity index is 1.64. The lowest BCUT2D eigenvalue weighted by Crippen LogP contribution is -2.42. The van der Waals surface area contributed by atoms with Crippen LogP contribution in [0.1, 0.15) is 58.3 Å². The summed E-state index contributed by atoms with van der Waals surface area (Å²) in [5.74, 6) is 0.121. The summed E-state index contributed by atoms with van der Waals surface area (Å²) in [6, 6.07) is 1.29. The van der Waals surface area contributed by atoms with E-state index >= 15 is 0 Å². The van der Waals surface area contributed by atoms with Gasteiger partial charge in [-0.05, 0) is 46.1 Å². The molecule has 2 atom stereocenters. The summed E-state index contributed by atoms with van der Waals surface area (Å²) in [6.45, 7) is 4.54. The number of carbonyl (C=O) groups is 1. The minimum absolute atomic E-state index is 0.00655. The van der Waals surface area contributed by atoms with Gasteiger partial charge in [0.25, 0.3) is 0 Å². The molecule has 0 spiro atoms. The molecule has 1 N–H and O–H groups in total. The maximum absolute atomic E-state index is 11.8. The van der Waals surface area contributed by atoms with E-state index in [0.717, 1.165) is 38.4 Å². The number of nitrogens with zero attached hydrogens (tertiary/aromatic N) is 1. The van der Waals surface area contributed by atoms with Gasteiger partial charge in [0.05, 0.1) is 12.5 Å². The van der Waals surface area contributed by atoms with E-state index in [9.17, 15) is 4.79 Å². The summed E-state index contributed by atoms with van der Waals surface area (Å²) < 4.78 is 5.16. The van der Waals surface area contributed by atoms with Crippen LogP contribution >= 0.6 is 0 Å². The van der Waals surface area contributed by atoms with Crippen LogP contribution in [0.25, 0.3) is 0 Å². The maximum atomic E-state index is 11.8. The van der Waals surface area contributed by atoms with Gasteiger partial charge in [0.2, 0.25) is 0 Å². The van der Waals surface area contributed by atoms with Crippen LogP contribution in [-0.2, 0) is 9.53 Å². The molecule has 2 unspecified atom stereocenters. The first kappa shape index (κ1) is 16.8. The molecule has 21 heavy (non-hydrogen) atoms. The van der Waals surface area contributed by atoms with Crippen molar-refractivity contribution in [3.05, 3.63) is 0 Å². The first-order chi connectivity index (χ1) is 10.2. The van der Waals surface area contributed by atoms with Crippen LogP contribution in [0.4, 0.5) is 0 Å². The zero-order chi connectivity index (χ0) is 15.1. The van der Waals surface area contributed by atoms with Crippen LogP contribution in [0.5, 0.6) is 0 Å². The van der Waals surface area contributed by atoms with Crippen molar-refractivity contribution in [2.45, 2.75) is 70.4 Å². The van der Waals surface area contributed by atoms with Crippen molar-refractivity contribution in [3.8, 4) is 0 Å². The number of esters is 1. The standard InChI is InChI=1S/C17H32N2O2/c1-3-21-17(20)14-7-6-8-15(13-14)18-11-12-19(2)16-9-4-5-10-16/h14-16,18H,3-13H2,1-2H3. The Morgan fingerprint density at radius 2 is 1.95 bits per heavy atom. The second-order valence-corrected chi connectivity index (χ2v) is 6.69. The van der Waals surface area contributed by atoms with Crippen LogP contribution in [0.15, 0.2) is 0 Å². The van der Waals surface area contributed by atoms with Crippen LogP contribution in [0.2, 0.25) is 0 Å². The molecule has 4 heteroatoms. The van der Waals surface area contributed by atoms with E-state index in [0.29, 0.717) is 12.6 Å². The first-order valence-corrected chi connectivity index (χ1v) is 8.81. The molecule has 0 aromatic rings. The van der Waals surface area contributed by atoms with E-state index in [-0.39, 0.29) is 11.9 Å². The third-order valence-electron chi connectivity index (χ3n) is 5.14. The number of ether oxygens (including phenoxy) is 1. The molecule has 0 bridgehead atoms. The number of nitrogens with one attached hydrogen (secondary N) is 1. The van der Waals surface area contributed by atoms with Crippen molar-refractivity contribution in [2.24, 2.45) is 5.92 Å². The Labute approximate surface area is 129 Å². The van der Waals surface area contributed by atoms with Gasteiger partial charge in [-0.15, -0.1) is 0 Å². The Kier molecular flexibility index (Phi) is 6.97. The molecule has 2 fully saturated rings. The van der Waals surface area contributed by atoms with Crippen LogP contribution in [-0.4, -0.2) is 49.7 Å². The van der Waals surface area contributed by atoms with Crippen molar-refractivity contribution in [2.75, 3.05) is 26.7 Å². The average Bonchev–Trinajstić information content (AvgIpc) is 3.02. The molecule has 0 heterocycles. The van der Waals surface area contributed by atoms with Crippen LogP contribution in [0, 0.1) is 5.92 Å². The van der Waals surface area contributed by atoms with Gasteiger partial charge >= 0.3 is 5.97 Å². The lowest BCUT2D eigenvalue weighted by molar-refractivity contribution is -0.149. The van der Waals surface area contributed by atoms with Gasteiger partial charge in [0.15, 0.2) is 0 Å². The molecule has 2 aliphatic rings. The number of hydrogen-bond donors (Lipinski definition) is 1. The number of hydrogen-bond acceptors (Lipinski definition) is 4. The van der Waals surface area contributed by atoms with Crippen molar-refractivity contribution >= 4 is 5.97 Å². The molecular formula is C17H32N2O2. The zero-order valence-electron chi connectivity index (χ0n) is 13.8. The van der Waals surface area contributed by atoms with E-state index in [1.165, 1.54) is 32.1 Å². The topological polar surface area (TPSA) is 41.6 Å². The highest BCUT2D eigenvalue weighted by Gasteiger charge is 2.28. The number of rotatable bonds is 7. The van der Waals surface area contributed by atoms with Gasteiger partial charge in [-0.2, -0.15) is 0 Å². The van der Waals surface area contributed by atoms with Crippen molar-refractivity contribution < 1.29 is 9.53 Å². The van der Waals surface area contributed by atoms with Gasteiger partial charge < -0.3 is 15.0 Å². The molecule has 0 radical (unpaired) electrons. The van der Waals surface area contributed by atoms with E-state index in [1.54, 1.807) is 0 Å². The summed E-state index contributed by atoms with van der Waals surface area (Å²) in [6.07, 6.45) is 9.81. The summed E-state index contributed by atoms with van der Waals surface area (Å²) in [7, 11) is 2.25. The monoisotopic (exact) mass is 296 g/mol. The summed E-state index contributed by atoms with van der Waals surface area (Å²) in [5.41, 5.74) is 0. The number of carbonyl (C=O) groups excluding carboxylic acids is 1. The third-order valence-corrected chi connectivity index (χ3v) is 5.14. The Morgan fingerprint density at radius 3 is 2.67 bits per heavy atom. The second kappa shape index (κ2) is 8.74. The molecular weight excluding hydrogens is 264 g/mol. The maximum Gasteiger partial charge on any atom is 0.308 e. The quantitative estimate of drug-likeness (QED) is 0.733. The van der Waals surface area contributed by atoms with Gasteiger partial charge in [-0.25, -0.2) is 0 Å². The van der Waals surface area contributed by atoms with Gasteiger partial charge in [0.1, 0.15) is 0 Å². The normalized spacial score (nSPS) is 27.2. The van der Waals surface area contributed by atoms with Crippen molar-refractivity contribution in [1.29, 1.82) is 0 Å². The highest BCUT2D eigenvalue weighted by molar-refractivity contribution is 5.72. The van der Waals surface area contributed by atoms with Crippen molar-refractivity contribution in [1.82, 2.24) is 10.2 Å². The Hall–Kier alpha value is -0.610. The smallest absolute Gasteiger partial charge is 0.308 e. The van der Waals surface area contributed by atoms with E-state index < -0.39 is 0 Å². The van der Waals surface area contributed by atoms with E-state index in [1.807, 2.05) is 6.92 Å². The Bertz CT molecular complexity index is 316. The average molecular weight is 296 g/mol. The first-order valence-electron chi connectivity index (χ1n) is 8.81. The SMILES string of the molecule is CCOC(=O)C1CCCC(NCCN(C)C2CCCC2)C1. The molecule has 0 aromatic carbocycles. The second-order valence-electron chi connectivity index (χ2n) is 6.69. The highest BCUT2D eigenvalue weighted by atomic mass is 16.5. The molecule has 122 valence electrons. The molecule has 2 rings (SSSR count). The predicted molar refractivity (Wildman–Crippen MR) is 85.3 cm³/mol. The minimum atomic E-state index is 0.00655. The van der Waals surface area contributed by atoms with Crippen molar-refractivity contribution in [3.63, 3.8) is 0 Å². The molecule has 0 aromatic heterocycles. The predicted octanol–water partition coefficient (Wildman–Crippen LogP) is 2.57. The molecule has 4 nitrogen and oxygen atoms in total. The highest BCUT2D eigenvalue weighted by Crippen LogP contribution is 2.25. The fourth-order valence-electron chi connectivity index (χ4n) is 3.82. The Morgan fingerprint density at radius 1 is 1.19 bits per heavy atom. The number of likely N-dealkylation sites (N-methyl/N-ethyl adjacent to an activating group) is 1. The molecule has 0 saturated heterocycles.